The molecule has 71 heavy (non-hydrogen) atoms. The second-order valence-electron chi connectivity index (χ2n) is 21.8. The third kappa shape index (κ3) is 5.95. The molecule has 0 fully saturated rings. The number of fused-ring (bicyclic) bond motifs is 6. The van der Waals surface area contributed by atoms with Gasteiger partial charge in [-0.05, 0) is 181 Å². The van der Waals surface area contributed by atoms with Crippen molar-refractivity contribution in [3.8, 4) is 34.4 Å². The van der Waals surface area contributed by atoms with E-state index in [0.717, 1.165) is 53.4 Å². The zero-order valence-corrected chi connectivity index (χ0v) is 41.5. The zero-order valence-electron chi connectivity index (χ0n) is 41.5. The number of anilines is 6. The van der Waals surface area contributed by atoms with Crippen LogP contribution in [0.15, 0.2) is 164 Å². The highest BCUT2D eigenvalue weighted by Crippen LogP contribution is 2.59. The number of nitrogens with zero attached hydrogens (tertiary/aromatic N) is 4. The highest BCUT2D eigenvalue weighted by atomic mass is 15.2. The predicted octanol–water partition coefficient (Wildman–Crippen LogP) is 17.7. The molecule has 3 aliphatic rings. The topological polar surface area (TPSA) is 54.1 Å². The predicted molar refractivity (Wildman–Crippen MR) is 295 cm³/mol. The molecule has 0 atom stereocenters. The molecule has 342 valence electrons. The van der Waals surface area contributed by atoms with Crippen LogP contribution < -0.4 is 9.80 Å². The Labute approximate surface area is 417 Å². The van der Waals surface area contributed by atoms with E-state index in [0.29, 0.717) is 11.1 Å². The summed E-state index contributed by atoms with van der Waals surface area (Å²) in [6.07, 6.45) is 2.83. The van der Waals surface area contributed by atoms with Crippen LogP contribution in [0, 0.1) is 22.7 Å². The quantitative estimate of drug-likeness (QED) is 0.150. The second kappa shape index (κ2) is 15.2. The average molecular weight is 915 g/mol. The average Bonchev–Trinajstić information content (AvgIpc) is 3.78. The Balaban J connectivity index is 1.16. The molecule has 0 bridgehead atoms. The molecule has 4 heteroatoms. The van der Waals surface area contributed by atoms with Gasteiger partial charge in [0.05, 0.1) is 46.0 Å². The molecule has 3 aliphatic carbocycles. The minimum absolute atomic E-state index is 0.0955. The maximum Gasteiger partial charge on any atom is 0.0991 e. The Morgan fingerprint density at radius 1 is 0.451 bits per heavy atom. The van der Waals surface area contributed by atoms with Crippen molar-refractivity contribution in [2.45, 2.75) is 84.0 Å². The maximum absolute atomic E-state index is 10.1. The van der Waals surface area contributed by atoms with E-state index in [1.807, 2.05) is 24.3 Å². The first-order valence-corrected chi connectivity index (χ1v) is 25.2. The number of rotatable bonds is 7. The molecule has 0 aliphatic heterocycles. The number of hydrogen-bond donors (Lipinski definition) is 0. The van der Waals surface area contributed by atoms with Crippen LogP contribution in [-0.2, 0) is 29.1 Å². The summed E-state index contributed by atoms with van der Waals surface area (Å²) in [5.41, 5.74) is 21.7. The standard InChI is InChI=1S/C67H54N4/c1-8-42-35-59(71(45-29-25-41(39-69)26-30-45)57-22-14-18-50-48-16-10-12-20-54(48)67(6,7)64(50)57)52-37-55-60-43(33-34-65(55,2)3)36-58(51-32-31-46(42)61(52)62(51)60)70(44-27-23-40(38-68)24-28-44)56-21-13-17-49-47-15-9-11-19-53(47)66(4,5)63(49)56/h9-32,35-37H,8,33-34H2,1-7H3. The molecule has 10 aromatic carbocycles. The van der Waals surface area contributed by atoms with Gasteiger partial charge in [-0.25, -0.2) is 0 Å². The van der Waals surface area contributed by atoms with Crippen molar-refractivity contribution < 1.29 is 0 Å². The molecule has 13 rings (SSSR count). The summed E-state index contributed by atoms with van der Waals surface area (Å²) in [5, 5.41) is 27.8. The second-order valence-corrected chi connectivity index (χ2v) is 21.8. The normalized spacial score (nSPS) is 15.2. The van der Waals surface area contributed by atoms with Gasteiger partial charge in [-0.2, -0.15) is 10.5 Å². The minimum Gasteiger partial charge on any atom is -0.310 e. The summed E-state index contributed by atoms with van der Waals surface area (Å²) in [6, 6.07) is 64.9. The number of nitriles is 2. The fraction of sp³-hybridized carbons (Fsp3) is 0.194. The van der Waals surface area contributed by atoms with Gasteiger partial charge in [-0.15, -0.1) is 0 Å². The first-order valence-electron chi connectivity index (χ1n) is 25.2. The molecule has 0 N–H and O–H groups in total. The highest BCUT2D eigenvalue weighted by Gasteiger charge is 2.42. The third-order valence-corrected chi connectivity index (χ3v) is 16.8. The van der Waals surface area contributed by atoms with E-state index < -0.39 is 0 Å². The molecule has 0 saturated carbocycles. The number of benzene rings is 10. The fourth-order valence-electron chi connectivity index (χ4n) is 13.4. The van der Waals surface area contributed by atoms with Gasteiger partial charge in [0.15, 0.2) is 0 Å². The summed E-state index contributed by atoms with van der Waals surface area (Å²) in [6.45, 7) is 16.6. The van der Waals surface area contributed by atoms with Crippen LogP contribution in [0.1, 0.15) is 105 Å². The number of hydrogen-bond acceptors (Lipinski definition) is 4. The van der Waals surface area contributed by atoms with Gasteiger partial charge in [0.25, 0.3) is 0 Å². The van der Waals surface area contributed by atoms with Gasteiger partial charge in [-0.3, -0.25) is 0 Å². The Kier molecular flexibility index (Phi) is 9.16. The smallest absolute Gasteiger partial charge is 0.0991 e. The first-order chi connectivity index (χ1) is 34.3. The Morgan fingerprint density at radius 3 is 1.46 bits per heavy atom. The molecular weight excluding hydrogens is 861 g/mol. The van der Waals surface area contributed by atoms with Gasteiger partial charge in [0, 0.05) is 38.4 Å². The summed E-state index contributed by atoms with van der Waals surface area (Å²) in [5.74, 6) is 0. The van der Waals surface area contributed by atoms with E-state index in [-0.39, 0.29) is 16.2 Å². The van der Waals surface area contributed by atoms with Crippen LogP contribution in [-0.4, -0.2) is 0 Å². The molecular formula is C67H54N4. The van der Waals surface area contributed by atoms with E-state index in [1.54, 1.807) is 0 Å². The summed E-state index contributed by atoms with van der Waals surface area (Å²) < 4.78 is 0. The van der Waals surface area contributed by atoms with Gasteiger partial charge in [0.2, 0.25) is 0 Å². The Hall–Kier alpha value is -8.18. The molecule has 0 heterocycles. The van der Waals surface area contributed by atoms with Crippen molar-refractivity contribution in [3.05, 3.63) is 214 Å². The van der Waals surface area contributed by atoms with Crippen LogP contribution in [0.25, 0.3) is 54.6 Å². The van der Waals surface area contributed by atoms with Gasteiger partial charge >= 0.3 is 0 Å². The van der Waals surface area contributed by atoms with Crippen molar-refractivity contribution in [1.82, 2.24) is 0 Å². The SMILES string of the molecule is CCc1cc(N(c2ccc(C#N)cc2)c2cccc3c2C(C)(C)c2ccccc2-3)c2cc3c4c(cc(N(c5ccc(C#N)cc5)c5cccc6c5C(C)(C)c5ccccc5-6)c5ccc1c2c54)CCC3(C)C. The van der Waals surface area contributed by atoms with Crippen LogP contribution in [0.2, 0.25) is 0 Å². The zero-order chi connectivity index (χ0) is 48.7. The summed E-state index contributed by atoms with van der Waals surface area (Å²) in [7, 11) is 0. The molecule has 0 saturated heterocycles. The molecule has 0 aromatic heterocycles. The van der Waals surface area contributed by atoms with E-state index in [1.165, 1.54) is 93.5 Å². The van der Waals surface area contributed by atoms with E-state index in [2.05, 4.69) is 210 Å². The highest BCUT2D eigenvalue weighted by molar-refractivity contribution is 6.30. The summed E-state index contributed by atoms with van der Waals surface area (Å²) in [4.78, 5) is 5.02. The lowest BCUT2D eigenvalue weighted by Gasteiger charge is -2.38. The van der Waals surface area contributed by atoms with Crippen molar-refractivity contribution in [2.24, 2.45) is 0 Å². The maximum atomic E-state index is 10.1. The first kappa shape index (κ1) is 42.9. The van der Waals surface area contributed by atoms with Crippen molar-refractivity contribution in [1.29, 1.82) is 10.5 Å². The molecule has 0 amide bonds. The van der Waals surface area contributed by atoms with E-state index in [4.69, 9.17) is 0 Å². The van der Waals surface area contributed by atoms with Gasteiger partial charge in [0.1, 0.15) is 0 Å². The summed E-state index contributed by atoms with van der Waals surface area (Å²) >= 11 is 0. The molecule has 4 nitrogen and oxygen atoms in total. The molecule has 0 spiro atoms. The minimum atomic E-state index is -0.273. The largest absolute Gasteiger partial charge is 0.310 e. The van der Waals surface area contributed by atoms with Crippen LogP contribution >= 0.6 is 0 Å². The molecule has 0 unspecified atom stereocenters. The van der Waals surface area contributed by atoms with Crippen LogP contribution in [0.3, 0.4) is 0 Å². The lowest BCUT2D eigenvalue weighted by Crippen LogP contribution is -2.24. The Bertz CT molecular complexity index is 3970. The van der Waals surface area contributed by atoms with Gasteiger partial charge in [-0.1, -0.05) is 133 Å². The van der Waals surface area contributed by atoms with Crippen molar-refractivity contribution in [3.63, 3.8) is 0 Å². The molecule has 0 radical (unpaired) electrons. The van der Waals surface area contributed by atoms with E-state index >= 15 is 0 Å². The third-order valence-electron chi connectivity index (χ3n) is 16.8. The van der Waals surface area contributed by atoms with Crippen molar-refractivity contribution in [2.75, 3.05) is 9.80 Å². The Morgan fingerprint density at radius 2 is 0.944 bits per heavy atom. The number of aryl methyl sites for hydroxylation is 2. The van der Waals surface area contributed by atoms with Crippen LogP contribution in [0.4, 0.5) is 34.1 Å². The lowest BCUT2D eigenvalue weighted by atomic mass is 9.70. The fourth-order valence-corrected chi connectivity index (χ4v) is 13.4. The monoisotopic (exact) mass is 914 g/mol. The van der Waals surface area contributed by atoms with Crippen LogP contribution in [0.5, 0.6) is 0 Å². The molecule has 10 aromatic rings. The van der Waals surface area contributed by atoms with Gasteiger partial charge < -0.3 is 9.80 Å². The lowest BCUT2D eigenvalue weighted by molar-refractivity contribution is 0.475. The van der Waals surface area contributed by atoms with Crippen molar-refractivity contribution >= 4 is 66.4 Å². The van der Waals surface area contributed by atoms with E-state index in [9.17, 15) is 10.5 Å².